The van der Waals surface area contributed by atoms with Gasteiger partial charge < -0.3 is 15.4 Å². The highest BCUT2D eigenvalue weighted by atomic mass is 32.1. The number of rotatable bonds is 4. The van der Waals surface area contributed by atoms with Crippen LogP contribution in [0.3, 0.4) is 0 Å². The second-order valence-corrected chi connectivity index (χ2v) is 7.34. The van der Waals surface area contributed by atoms with E-state index in [1.165, 1.54) is 0 Å². The Hall–Kier alpha value is -1.29. The third-order valence-corrected chi connectivity index (χ3v) is 2.96. The molecule has 0 bridgehead atoms. The van der Waals surface area contributed by atoms with E-state index < -0.39 is 0 Å². The van der Waals surface area contributed by atoms with Crippen LogP contribution < -0.4 is 15.4 Å². The van der Waals surface area contributed by atoms with Crippen LogP contribution in [0.15, 0.2) is 24.3 Å². The first kappa shape index (κ1) is 16.8. The molecule has 2 N–H and O–H groups in total. The molecule has 0 atom stereocenters. The summed E-state index contributed by atoms with van der Waals surface area (Å²) in [7, 11) is 1.65. The van der Waals surface area contributed by atoms with Crippen LogP contribution in [-0.2, 0) is 0 Å². The van der Waals surface area contributed by atoms with Crippen LogP contribution in [0.2, 0.25) is 0 Å². The largest absolute Gasteiger partial charge is 0.497 e. The van der Waals surface area contributed by atoms with Crippen molar-refractivity contribution in [2.75, 3.05) is 12.4 Å². The molecule has 3 nitrogen and oxygen atoms in total. The molecule has 0 fully saturated rings. The number of methoxy groups -OCH3 is 1. The Morgan fingerprint density at radius 1 is 1.20 bits per heavy atom. The maximum absolute atomic E-state index is 5.39. The van der Waals surface area contributed by atoms with Crippen LogP contribution in [0.25, 0.3) is 0 Å². The first-order chi connectivity index (χ1) is 9.11. The van der Waals surface area contributed by atoms with Gasteiger partial charge in [-0.15, -0.1) is 0 Å². The van der Waals surface area contributed by atoms with Crippen molar-refractivity contribution in [1.82, 2.24) is 5.32 Å². The lowest BCUT2D eigenvalue weighted by atomic mass is 9.82. The van der Waals surface area contributed by atoms with E-state index in [0.717, 1.165) is 17.9 Å². The smallest absolute Gasteiger partial charge is 0.171 e. The number of thiocarbonyl (C=S) groups is 1. The third kappa shape index (κ3) is 6.24. The fraction of sp³-hybridized carbons (Fsp3) is 0.562. The minimum Gasteiger partial charge on any atom is -0.497 e. The zero-order chi connectivity index (χ0) is 15.4. The normalized spacial score (nSPS) is 11.9. The van der Waals surface area contributed by atoms with Crippen molar-refractivity contribution in [3.63, 3.8) is 0 Å². The van der Waals surface area contributed by atoms with E-state index >= 15 is 0 Å². The summed E-state index contributed by atoms with van der Waals surface area (Å²) in [5.74, 6) is 0.812. The average molecular weight is 294 g/mol. The van der Waals surface area contributed by atoms with Gasteiger partial charge in [0.15, 0.2) is 5.11 Å². The molecular weight excluding hydrogens is 268 g/mol. The van der Waals surface area contributed by atoms with Crippen molar-refractivity contribution >= 4 is 23.0 Å². The van der Waals surface area contributed by atoms with Crippen LogP contribution in [0.1, 0.15) is 41.0 Å². The summed E-state index contributed by atoms with van der Waals surface area (Å²) in [4.78, 5) is 0. The molecule has 0 aromatic heterocycles. The monoisotopic (exact) mass is 294 g/mol. The fourth-order valence-electron chi connectivity index (χ4n) is 2.54. The Balaban J connectivity index is 2.63. The molecule has 0 aliphatic carbocycles. The zero-order valence-corrected chi connectivity index (χ0v) is 14.1. The van der Waals surface area contributed by atoms with Gasteiger partial charge >= 0.3 is 0 Å². The standard InChI is InChI=1S/C16H26N2OS/c1-15(2,3)11-16(4,5)18-14(20)17-12-8-7-9-13(10-12)19-6/h7-10H,11H2,1-6H3,(H2,17,18,20). The second kappa shape index (κ2) is 6.44. The molecule has 0 spiro atoms. The molecule has 0 unspecified atom stereocenters. The number of benzene rings is 1. The summed E-state index contributed by atoms with van der Waals surface area (Å²) < 4.78 is 5.20. The molecule has 0 aliphatic rings. The number of anilines is 1. The van der Waals surface area contributed by atoms with E-state index in [0.29, 0.717) is 5.11 Å². The van der Waals surface area contributed by atoms with Gasteiger partial charge in [0.1, 0.15) is 5.75 Å². The second-order valence-electron chi connectivity index (χ2n) is 6.93. The van der Waals surface area contributed by atoms with E-state index in [2.05, 4.69) is 45.3 Å². The van der Waals surface area contributed by atoms with Crippen LogP contribution >= 0.6 is 12.2 Å². The summed E-state index contributed by atoms with van der Waals surface area (Å²) in [6, 6.07) is 7.73. The Labute approximate surface area is 128 Å². The summed E-state index contributed by atoms with van der Waals surface area (Å²) in [5.41, 5.74) is 1.12. The molecule has 0 amide bonds. The van der Waals surface area contributed by atoms with Crippen molar-refractivity contribution in [2.24, 2.45) is 5.41 Å². The molecule has 0 radical (unpaired) electrons. The minimum atomic E-state index is -0.0544. The molecule has 1 aromatic carbocycles. The molecular formula is C16H26N2OS. The Kier molecular flexibility index (Phi) is 5.40. The summed E-state index contributed by atoms with van der Waals surface area (Å²) in [6.07, 6.45) is 1.03. The topological polar surface area (TPSA) is 33.3 Å². The quantitative estimate of drug-likeness (QED) is 0.816. The minimum absolute atomic E-state index is 0.0544. The molecule has 4 heteroatoms. The summed E-state index contributed by atoms with van der Waals surface area (Å²) in [6.45, 7) is 11.0. The Bertz CT molecular complexity index is 464. The molecule has 0 aliphatic heterocycles. The van der Waals surface area contributed by atoms with Gasteiger partial charge in [0.05, 0.1) is 7.11 Å². The molecule has 0 saturated carbocycles. The van der Waals surface area contributed by atoms with Gasteiger partial charge in [-0.3, -0.25) is 0 Å². The van der Waals surface area contributed by atoms with Crippen molar-refractivity contribution in [2.45, 2.75) is 46.6 Å². The third-order valence-electron chi connectivity index (χ3n) is 2.75. The maximum atomic E-state index is 5.39. The predicted octanol–water partition coefficient (Wildman–Crippen LogP) is 4.20. The summed E-state index contributed by atoms with van der Waals surface area (Å²) >= 11 is 5.39. The van der Waals surface area contributed by atoms with Gasteiger partial charge in [0.25, 0.3) is 0 Å². The Morgan fingerprint density at radius 3 is 2.40 bits per heavy atom. The van der Waals surface area contributed by atoms with Crippen LogP contribution in [-0.4, -0.2) is 17.8 Å². The van der Waals surface area contributed by atoms with E-state index in [9.17, 15) is 0 Å². The number of hydrogen-bond acceptors (Lipinski definition) is 2. The lowest BCUT2D eigenvalue weighted by Crippen LogP contribution is -2.47. The highest BCUT2D eigenvalue weighted by Crippen LogP contribution is 2.27. The van der Waals surface area contributed by atoms with Gasteiger partial charge in [-0.2, -0.15) is 0 Å². The molecule has 0 saturated heterocycles. The van der Waals surface area contributed by atoms with Gasteiger partial charge in [-0.25, -0.2) is 0 Å². The Morgan fingerprint density at radius 2 is 1.85 bits per heavy atom. The lowest BCUT2D eigenvalue weighted by molar-refractivity contribution is 0.268. The number of nitrogens with one attached hydrogen (secondary N) is 2. The first-order valence-electron chi connectivity index (χ1n) is 6.84. The highest BCUT2D eigenvalue weighted by Gasteiger charge is 2.25. The number of ether oxygens (including phenoxy) is 1. The molecule has 1 rings (SSSR count). The van der Waals surface area contributed by atoms with E-state index in [-0.39, 0.29) is 11.0 Å². The lowest BCUT2D eigenvalue weighted by Gasteiger charge is -2.34. The molecule has 1 aromatic rings. The van der Waals surface area contributed by atoms with Crippen LogP contribution in [0.5, 0.6) is 5.75 Å². The van der Waals surface area contributed by atoms with E-state index in [1.807, 2.05) is 24.3 Å². The predicted molar refractivity (Wildman–Crippen MR) is 90.5 cm³/mol. The van der Waals surface area contributed by atoms with Gasteiger partial charge in [-0.1, -0.05) is 26.8 Å². The number of hydrogen-bond donors (Lipinski definition) is 2. The molecule has 0 heterocycles. The van der Waals surface area contributed by atoms with Crippen LogP contribution in [0, 0.1) is 5.41 Å². The van der Waals surface area contributed by atoms with E-state index in [4.69, 9.17) is 17.0 Å². The fourth-order valence-corrected chi connectivity index (χ4v) is 2.93. The van der Waals surface area contributed by atoms with Crippen LogP contribution in [0.4, 0.5) is 5.69 Å². The maximum Gasteiger partial charge on any atom is 0.171 e. The van der Waals surface area contributed by atoms with Crippen molar-refractivity contribution in [1.29, 1.82) is 0 Å². The van der Waals surface area contributed by atoms with Gasteiger partial charge in [-0.05, 0) is 50.0 Å². The average Bonchev–Trinajstić information content (AvgIpc) is 2.24. The zero-order valence-electron chi connectivity index (χ0n) is 13.3. The SMILES string of the molecule is COc1cccc(NC(=S)NC(C)(C)CC(C)(C)C)c1. The van der Waals surface area contributed by atoms with Gasteiger partial charge in [0.2, 0.25) is 0 Å². The molecule has 112 valence electrons. The van der Waals surface area contributed by atoms with Gasteiger partial charge in [0, 0.05) is 17.3 Å². The van der Waals surface area contributed by atoms with Crippen molar-refractivity contribution in [3.05, 3.63) is 24.3 Å². The summed E-state index contributed by atoms with van der Waals surface area (Å²) in [5, 5.41) is 7.21. The van der Waals surface area contributed by atoms with Crippen molar-refractivity contribution < 1.29 is 4.74 Å². The van der Waals surface area contributed by atoms with E-state index in [1.54, 1.807) is 7.11 Å². The van der Waals surface area contributed by atoms with Crippen molar-refractivity contribution in [3.8, 4) is 5.75 Å². The molecule has 20 heavy (non-hydrogen) atoms. The highest BCUT2D eigenvalue weighted by molar-refractivity contribution is 7.80. The first-order valence-corrected chi connectivity index (χ1v) is 7.25.